The van der Waals surface area contributed by atoms with E-state index in [0.717, 1.165) is 44.0 Å². The Balaban J connectivity index is 2.00. The van der Waals surface area contributed by atoms with E-state index in [0.29, 0.717) is 23.3 Å². The van der Waals surface area contributed by atoms with Crippen LogP contribution in [0.15, 0.2) is 17.1 Å². The van der Waals surface area contributed by atoms with Gasteiger partial charge in [-0.1, -0.05) is 0 Å². The summed E-state index contributed by atoms with van der Waals surface area (Å²) in [5, 5.41) is 9.35. The number of hydrogen-bond acceptors (Lipinski definition) is 4. The molecule has 4 rings (SSSR count). The van der Waals surface area contributed by atoms with E-state index in [1.807, 2.05) is 4.90 Å². The summed E-state index contributed by atoms with van der Waals surface area (Å²) in [6.07, 6.45) is 4.85. The number of hydrogen-bond donors (Lipinski definition) is 2. The summed E-state index contributed by atoms with van der Waals surface area (Å²) in [5.74, 6) is -1.57. The van der Waals surface area contributed by atoms with Crippen molar-refractivity contribution in [2.75, 3.05) is 18.0 Å². The summed E-state index contributed by atoms with van der Waals surface area (Å²) in [7, 11) is 0. The van der Waals surface area contributed by atoms with Gasteiger partial charge in [0.15, 0.2) is 5.82 Å². The minimum absolute atomic E-state index is 0.00161. The molecular weight excluding hydrogens is 337 g/mol. The topological polar surface area (TPSA) is 88.0 Å². The second kappa shape index (κ2) is 6.09. The van der Waals surface area contributed by atoms with E-state index in [1.165, 1.54) is 10.5 Å². The molecule has 1 aliphatic carbocycles. The second-order valence-corrected chi connectivity index (χ2v) is 7.42. The zero-order valence-electron chi connectivity index (χ0n) is 14.7. The highest BCUT2D eigenvalue weighted by Crippen LogP contribution is 2.44. The van der Waals surface area contributed by atoms with Crippen molar-refractivity contribution in [2.24, 2.45) is 5.73 Å². The van der Waals surface area contributed by atoms with Crippen LogP contribution in [0.3, 0.4) is 0 Å². The largest absolute Gasteiger partial charge is 0.477 e. The fraction of sp³-hybridized carbons (Fsp3) is 0.474. The van der Waals surface area contributed by atoms with E-state index in [4.69, 9.17) is 5.73 Å². The molecule has 0 bridgehead atoms. The fourth-order valence-corrected chi connectivity index (χ4v) is 4.10. The molecule has 2 aromatic rings. The number of carboxylic acid groups (broad SMARTS) is 1. The van der Waals surface area contributed by atoms with Crippen LogP contribution in [0, 0.1) is 12.7 Å². The molecule has 26 heavy (non-hydrogen) atoms. The first-order valence-electron chi connectivity index (χ1n) is 9.00. The molecule has 138 valence electrons. The predicted molar refractivity (Wildman–Crippen MR) is 96.7 cm³/mol. The summed E-state index contributed by atoms with van der Waals surface area (Å²) >= 11 is 0. The van der Waals surface area contributed by atoms with Crippen molar-refractivity contribution in [1.29, 1.82) is 0 Å². The highest BCUT2D eigenvalue weighted by Gasteiger charge is 2.31. The van der Waals surface area contributed by atoms with Crippen molar-refractivity contribution in [2.45, 2.75) is 44.6 Å². The number of aryl methyl sites for hydroxylation is 1. The third-order valence-corrected chi connectivity index (χ3v) is 5.46. The van der Waals surface area contributed by atoms with Crippen molar-refractivity contribution in [3.05, 3.63) is 45.1 Å². The SMILES string of the molecule is Cc1c(N2CCC[C@@H](N)C2)c(F)cn2c(=O)c(C(=O)O)cc(C3CC3)c12. The predicted octanol–water partition coefficient (Wildman–Crippen LogP) is 2.25. The van der Waals surface area contributed by atoms with Crippen molar-refractivity contribution in [3.63, 3.8) is 0 Å². The number of anilines is 1. The van der Waals surface area contributed by atoms with E-state index in [9.17, 15) is 19.1 Å². The average molecular weight is 359 g/mol. The molecule has 3 heterocycles. The van der Waals surface area contributed by atoms with Gasteiger partial charge in [0.1, 0.15) is 5.56 Å². The van der Waals surface area contributed by atoms with Gasteiger partial charge in [-0.2, -0.15) is 0 Å². The molecule has 0 amide bonds. The quantitative estimate of drug-likeness (QED) is 0.878. The summed E-state index contributed by atoms with van der Waals surface area (Å²) in [6.45, 7) is 3.10. The molecule has 7 heteroatoms. The van der Waals surface area contributed by atoms with Crippen LogP contribution in [0.2, 0.25) is 0 Å². The Morgan fingerprint density at radius 2 is 2.08 bits per heavy atom. The van der Waals surface area contributed by atoms with Crippen LogP contribution in [0.5, 0.6) is 0 Å². The van der Waals surface area contributed by atoms with Crippen LogP contribution in [-0.2, 0) is 0 Å². The van der Waals surface area contributed by atoms with E-state index in [2.05, 4.69) is 0 Å². The lowest BCUT2D eigenvalue weighted by molar-refractivity contribution is 0.0694. The maximum Gasteiger partial charge on any atom is 0.341 e. The molecule has 6 nitrogen and oxygen atoms in total. The summed E-state index contributed by atoms with van der Waals surface area (Å²) in [5.41, 5.74) is 7.66. The van der Waals surface area contributed by atoms with Crippen LogP contribution < -0.4 is 16.2 Å². The number of halogens is 1. The van der Waals surface area contributed by atoms with Crippen molar-refractivity contribution in [1.82, 2.24) is 4.40 Å². The summed E-state index contributed by atoms with van der Waals surface area (Å²) in [4.78, 5) is 26.0. The van der Waals surface area contributed by atoms with Gasteiger partial charge in [-0.05, 0) is 55.7 Å². The molecule has 2 fully saturated rings. The molecule has 2 aromatic heterocycles. The lowest BCUT2D eigenvalue weighted by Gasteiger charge is -2.34. The Morgan fingerprint density at radius 1 is 1.35 bits per heavy atom. The fourth-order valence-electron chi connectivity index (χ4n) is 4.10. The smallest absolute Gasteiger partial charge is 0.341 e. The summed E-state index contributed by atoms with van der Waals surface area (Å²) < 4.78 is 16.1. The van der Waals surface area contributed by atoms with Gasteiger partial charge in [0.05, 0.1) is 17.4 Å². The van der Waals surface area contributed by atoms with E-state index in [-0.39, 0.29) is 17.5 Å². The highest BCUT2D eigenvalue weighted by molar-refractivity contribution is 5.89. The number of aromatic carboxylic acids is 1. The Morgan fingerprint density at radius 3 is 2.69 bits per heavy atom. The average Bonchev–Trinajstić information content (AvgIpc) is 3.40. The van der Waals surface area contributed by atoms with Gasteiger partial charge in [-0.15, -0.1) is 0 Å². The molecule has 0 spiro atoms. The zero-order valence-corrected chi connectivity index (χ0v) is 14.7. The van der Waals surface area contributed by atoms with Gasteiger partial charge in [0, 0.05) is 19.1 Å². The number of piperidine rings is 1. The van der Waals surface area contributed by atoms with Crippen LogP contribution in [0.25, 0.3) is 5.52 Å². The van der Waals surface area contributed by atoms with Crippen LogP contribution in [0.1, 0.15) is 53.1 Å². The maximum atomic E-state index is 15.0. The summed E-state index contributed by atoms with van der Waals surface area (Å²) in [6, 6.07) is 1.48. The lowest BCUT2D eigenvalue weighted by atomic mass is 10.00. The lowest BCUT2D eigenvalue weighted by Crippen LogP contribution is -2.43. The van der Waals surface area contributed by atoms with Crippen molar-refractivity contribution < 1.29 is 14.3 Å². The molecular formula is C19H22FN3O3. The van der Waals surface area contributed by atoms with Crippen LogP contribution >= 0.6 is 0 Å². The first kappa shape index (κ1) is 17.0. The minimum Gasteiger partial charge on any atom is -0.477 e. The van der Waals surface area contributed by atoms with E-state index >= 15 is 0 Å². The third-order valence-electron chi connectivity index (χ3n) is 5.46. The minimum atomic E-state index is -1.28. The number of aromatic nitrogens is 1. The monoisotopic (exact) mass is 359 g/mol. The molecule has 0 aromatic carbocycles. The van der Waals surface area contributed by atoms with Gasteiger partial charge in [0.2, 0.25) is 0 Å². The van der Waals surface area contributed by atoms with Gasteiger partial charge < -0.3 is 15.7 Å². The van der Waals surface area contributed by atoms with Crippen molar-refractivity contribution >= 4 is 17.2 Å². The number of nitrogens with zero attached hydrogens (tertiary/aromatic N) is 2. The van der Waals surface area contributed by atoms with Gasteiger partial charge in [-0.3, -0.25) is 9.20 Å². The zero-order chi connectivity index (χ0) is 18.6. The molecule has 1 aliphatic heterocycles. The van der Waals surface area contributed by atoms with Crippen molar-refractivity contribution in [3.8, 4) is 0 Å². The van der Waals surface area contributed by atoms with Gasteiger partial charge in [-0.25, -0.2) is 9.18 Å². The Hall–Kier alpha value is -2.41. The molecule has 1 saturated carbocycles. The number of carboxylic acids is 1. The molecule has 1 saturated heterocycles. The molecule has 1 atom stereocenters. The van der Waals surface area contributed by atoms with Crippen LogP contribution in [-0.4, -0.2) is 34.6 Å². The third kappa shape index (κ3) is 2.67. The first-order valence-corrected chi connectivity index (χ1v) is 9.00. The van der Waals surface area contributed by atoms with E-state index in [1.54, 1.807) is 6.92 Å². The van der Waals surface area contributed by atoms with E-state index < -0.39 is 17.3 Å². The number of fused-ring (bicyclic) bond motifs is 1. The number of rotatable bonds is 3. The Labute approximate surface area is 150 Å². The number of carbonyl (C=O) groups is 1. The molecule has 0 radical (unpaired) electrons. The Bertz CT molecular complexity index is 965. The van der Waals surface area contributed by atoms with Gasteiger partial charge in [0.25, 0.3) is 5.56 Å². The molecule has 0 unspecified atom stereocenters. The highest BCUT2D eigenvalue weighted by atomic mass is 19.1. The Kier molecular flexibility index (Phi) is 3.99. The molecule has 2 aliphatic rings. The van der Waals surface area contributed by atoms with Crippen LogP contribution in [0.4, 0.5) is 10.1 Å². The molecule has 3 N–H and O–H groups in total. The number of pyridine rings is 2. The van der Waals surface area contributed by atoms with Gasteiger partial charge >= 0.3 is 5.97 Å². The number of nitrogens with two attached hydrogens (primary N) is 1. The standard InChI is InChI=1S/C19H22FN3O3/c1-10-16-13(11-4-5-11)7-14(19(25)26)18(24)23(16)9-15(20)17(10)22-6-2-3-12(21)8-22/h7,9,11-12H,2-6,8,21H2,1H3,(H,25,26)/t12-/m1/s1. The normalized spacial score (nSPS) is 20.6. The first-order chi connectivity index (χ1) is 12.4. The maximum absolute atomic E-state index is 15.0. The second-order valence-electron chi connectivity index (χ2n) is 7.42.